The van der Waals surface area contributed by atoms with Gasteiger partial charge in [0.05, 0.1) is 6.04 Å². The minimum atomic E-state index is -0.750. The molecule has 0 saturated carbocycles. The predicted molar refractivity (Wildman–Crippen MR) is 104 cm³/mol. The highest BCUT2D eigenvalue weighted by molar-refractivity contribution is 5.85. The van der Waals surface area contributed by atoms with Crippen molar-refractivity contribution in [3.05, 3.63) is 65.2 Å². The summed E-state index contributed by atoms with van der Waals surface area (Å²) in [6.45, 7) is 2.99. The van der Waals surface area contributed by atoms with E-state index in [1.54, 1.807) is 0 Å². The number of carbonyl (C=O) groups excluding carboxylic acids is 1. The van der Waals surface area contributed by atoms with Gasteiger partial charge in [0.15, 0.2) is 0 Å². The molecule has 5 nitrogen and oxygen atoms in total. The fourth-order valence-corrected chi connectivity index (χ4v) is 2.94. The Morgan fingerprint density at radius 1 is 1.27 bits per heavy atom. The van der Waals surface area contributed by atoms with Crippen molar-refractivity contribution < 1.29 is 14.6 Å². The van der Waals surface area contributed by atoms with E-state index in [0.717, 1.165) is 11.3 Å². The van der Waals surface area contributed by atoms with Crippen LogP contribution in [0.1, 0.15) is 16.7 Å². The number of rotatable bonds is 6. The van der Waals surface area contributed by atoms with Crippen molar-refractivity contribution in [3.63, 3.8) is 0 Å². The zero-order valence-corrected chi connectivity index (χ0v) is 15.6. The first-order valence-electron chi connectivity index (χ1n) is 8.57. The molecule has 0 saturated heterocycles. The molecule has 0 bridgehead atoms. The Bertz CT molecular complexity index is 739. The SMILES string of the molecule is Cc1cccc(OCC(O)CNC(=O)C2Cc3ccccc3CN2)c1.Cl. The van der Waals surface area contributed by atoms with Gasteiger partial charge in [0.1, 0.15) is 18.5 Å². The lowest BCUT2D eigenvalue weighted by molar-refractivity contribution is -0.123. The highest BCUT2D eigenvalue weighted by Gasteiger charge is 2.24. The van der Waals surface area contributed by atoms with E-state index < -0.39 is 6.10 Å². The maximum Gasteiger partial charge on any atom is 0.237 e. The number of aryl methyl sites for hydroxylation is 1. The summed E-state index contributed by atoms with van der Waals surface area (Å²) in [6.07, 6.45) is -0.0851. The highest BCUT2D eigenvalue weighted by atomic mass is 35.5. The molecule has 1 heterocycles. The topological polar surface area (TPSA) is 70.6 Å². The number of benzene rings is 2. The smallest absolute Gasteiger partial charge is 0.237 e. The van der Waals surface area contributed by atoms with Crippen molar-refractivity contribution >= 4 is 18.3 Å². The van der Waals surface area contributed by atoms with Gasteiger partial charge in [-0.05, 0) is 42.2 Å². The van der Waals surface area contributed by atoms with Crippen LogP contribution in [-0.4, -0.2) is 36.3 Å². The molecule has 0 radical (unpaired) electrons. The molecule has 1 aliphatic heterocycles. The minimum absolute atomic E-state index is 0. The number of carbonyl (C=O) groups is 1. The van der Waals surface area contributed by atoms with Gasteiger partial charge < -0.3 is 20.5 Å². The molecule has 6 heteroatoms. The molecule has 26 heavy (non-hydrogen) atoms. The second kappa shape index (κ2) is 9.57. The Morgan fingerprint density at radius 3 is 2.81 bits per heavy atom. The van der Waals surface area contributed by atoms with Crippen LogP contribution in [0, 0.1) is 6.92 Å². The van der Waals surface area contributed by atoms with Gasteiger partial charge >= 0.3 is 0 Å². The van der Waals surface area contributed by atoms with Gasteiger partial charge in [0.2, 0.25) is 5.91 Å². The molecule has 2 aromatic carbocycles. The molecule has 0 fully saturated rings. The van der Waals surface area contributed by atoms with Crippen LogP contribution < -0.4 is 15.4 Å². The van der Waals surface area contributed by atoms with Crippen molar-refractivity contribution in [2.45, 2.75) is 32.0 Å². The van der Waals surface area contributed by atoms with E-state index in [2.05, 4.69) is 22.8 Å². The summed E-state index contributed by atoms with van der Waals surface area (Å²) in [5, 5.41) is 16.1. The number of hydrogen-bond acceptors (Lipinski definition) is 4. The monoisotopic (exact) mass is 376 g/mol. The van der Waals surface area contributed by atoms with Gasteiger partial charge in [-0.15, -0.1) is 12.4 Å². The van der Waals surface area contributed by atoms with E-state index in [0.29, 0.717) is 13.0 Å². The summed E-state index contributed by atoms with van der Waals surface area (Å²) < 4.78 is 5.56. The zero-order chi connectivity index (χ0) is 17.6. The molecule has 1 aliphatic rings. The van der Waals surface area contributed by atoms with E-state index in [9.17, 15) is 9.90 Å². The lowest BCUT2D eigenvalue weighted by Crippen LogP contribution is -2.49. The molecular weight excluding hydrogens is 352 g/mol. The molecule has 0 aliphatic carbocycles. The number of nitrogens with one attached hydrogen (secondary N) is 2. The van der Waals surface area contributed by atoms with E-state index in [-0.39, 0.29) is 37.5 Å². The number of hydrogen-bond donors (Lipinski definition) is 3. The zero-order valence-electron chi connectivity index (χ0n) is 14.8. The summed E-state index contributed by atoms with van der Waals surface area (Å²) in [4.78, 5) is 12.3. The first-order chi connectivity index (χ1) is 12.1. The fourth-order valence-electron chi connectivity index (χ4n) is 2.94. The largest absolute Gasteiger partial charge is 0.491 e. The second-order valence-corrected chi connectivity index (χ2v) is 6.43. The van der Waals surface area contributed by atoms with Gasteiger partial charge in [-0.2, -0.15) is 0 Å². The summed E-state index contributed by atoms with van der Waals surface area (Å²) in [7, 11) is 0. The minimum Gasteiger partial charge on any atom is -0.491 e. The van der Waals surface area contributed by atoms with Crippen LogP contribution in [0.25, 0.3) is 0 Å². The van der Waals surface area contributed by atoms with Gasteiger partial charge in [0, 0.05) is 13.1 Å². The molecule has 140 valence electrons. The number of amides is 1. The number of aliphatic hydroxyl groups excluding tert-OH is 1. The Balaban J connectivity index is 0.00000243. The third-order valence-electron chi connectivity index (χ3n) is 4.34. The quantitative estimate of drug-likeness (QED) is 0.721. The lowest BCUT2D eigenvalue weighted by Gasteiger charge is -2.25. The summed E-state index contributed by atoms with van der Waals surface area (Å²) >= 11 is 0. The summed E-state index contributed by atoms with van der Waals surface area (Å²) in [6, 6.07) is 15.5. The Morgan fingerprint density at radius 2 is 2.04 bits per heavy atom. The lowest BCUT2D eigenvalue weighted by atomic mass is 9.95. The number of fused-ring (bicyclic) bond motifs is 1. The van der Waals surface area contributed by atoms with E-state index in [4.69, 9.17) is 4.74 Å². The van der Waals surface area contributed by atoms with Crippen molar-refractivity contribution in [2.75, 3.05) is 13.2 Å². The Labute approximate surface area is 160 Å². The molecule has 2 unspecified atom stereocenters. The fraction of sp³-hybridized carbons (Fsp3) is 0.350. The maximum absolute atomic E-state index is 12.3. The summed E-state index contributed by atoms with van der Waals surface area (Å²) in [5.74, 6) is 0.625. The van der Waals surface area contributed by atoms with Crippen LogP contribution in [0.4, 0.5) is 0 Å². The van der Waals surface area contributed by atoms with Crippen LogP contribution in [0.15, 0.2) is 48.5 Å². The van der Waals surface area contributed by atoms with Gasteiger partial charge in [-0.3, -0.25) is 4.79 Å². The van der Waals surface area contributed by atoms with Crippen molar-refractivity contribution in [3.8, 4) is 5.75 Å². The van der Waals surface area contributed by atoms with Crippen LogP contribution in [0.3, 0.4) is 0 Å². The number of ether oxygens (including phenoxy) is 1. The standard InChI is InChI=1S/C20H24N2O3.ClH/c1-14-5-4-8-18(9-14)25-13-17(23)12-22-20(24)19-10-15-6-2-3-7-16(15)11-21-19;/h2-9,17,19,21,23H,10-13H2,1H3,(H,22,24);1H. The first kappa shape index (κ1) is 20.2. The Hall–Kier alpha value is -2.08. The predicted octanol–water partition coefficient (Wildman–Crippen LogP) is 1.99. The molecule has 0 aromatic heterocycles. The van der Waals surface area contributed by atoms with Crippen molar-refractivity contribution in [1.82, 2.24) is 10.6 Å². The third kappa shape index (κ3) is 5.46. The molecule has 2 aromatic rings. The van der Waals surface area contributed by atoms with Crippen molar-refractivity contribution in [1.29, 1.82) is 0 Å². The molecule has 3 N–H and O–H groups in total. The normalized spacial score (nSPS) is 16.8. The molecule has 0 spiro atoms. The van der Waals surface area contributed by atoms with Crippen LogP contribution >= 0.6 is 12.4 Å². The van der Waals surface area contributed by atoms with Crippen molar-refractivity contribution in [2.24, 2.45) is 0 Å². The van der Waals surface area contributed by atoms with E-state index in [1.165, 1.54) is 11.1 Å². The molecular formula is C20H25ClN2O3. The van der Waals surface area contributed by atoms with Crippen LogP contribution in [0.5, 0.6) is 5.75 Å². The molecule has 1 amide bonds. The average molecular weight is 377 g/mol. The van der Waals surface area contributed by atoms with E-state index >= 15 is 0 Å². The van der Waals surface area contributed by atoms with Gasteiger partial charge in [-0.1, -0.05) is 36.4 Å². The molecule has 3 rings (SSSR count). The average Bonchev–Trinajstić information content (AvgIpc) is 2.64. The van der Waals surface area contributed by atoms with E-state index in [1.807, 2.05) is 43.3 Å². The number of halogens is 1. The highest BCUT2D eigenvalue weighted by Crippen LogP contribution is 2.16. The van der Waals surface area contributed by atoms with Gasteiger partial charge in [0.25, 0.3) is 0 Å². The van der Waals surface area contributed by atoms with Crippen LogP contribution in [0.2, 0.25) is 0 Å². The molecule has 2 atom stereocenters. The third-order valence-corrected chi connectivity index (χ3v) is 4.34. The summed E-state index contributed by atoms with van der Waals surface area (Å²) in [5.41, 5.74) is 3.53. The Kier molecular flexibility index (Phi) is 7.45. The van der Waals surface area contributed by atoms with Crippen LogP contribution in [-0.2, 0) is 17.8 Å². The number of aliphatic hydroxyl groups is 1. The first-order valence-corrected chi connectivity index (χ1v) is 8.57. The van der Waals surface area contributed by atoms with Gasteiger partial charge in [-0.25, -0.2) is 0 Å². The second-order valence-electron chi connectivity index (χ2n) is 6.43. The maximum atomic E-state index is 12.3.